The number of aryl methyl sites for hydroxylation is 1. The van der Waals surface area contributed by atoms with Crippen molar-refractivity contribution in [1.82, 2.24) is 9.97 Å². The predicted molar refractivity (Wildman–Crippen MR) is 65.8 cm³/mol. The number of hydrogen-bond acceptors (Lipinski definition) is 4. The number of halogens is 3. The zero-order valence-corrected chi connectivity index (χ0v) is 10.7. The summed E-state index contributed by atoms with van der Waals surface area (Å²) in [7, 11) is 0. The summed E-state index contributed by atoms with van der Waals surface area (Å²) in [6.07, 6.45) is -2.01. The van der Waals surface area contributed by atoms with Gasteiger partial charge >= 0.3 is 12.3 Å². The van der Waals surface area contributed by atoms with Crippen LogP contribution in [0.25, 0.3) is 11.1 Å². The minimum absolute atomic E-state index is 0.229. The number of aromatic carboxylic acids is 1. The van der Waals surface area contributed by atoms with Crippen molar-refractivity contribution >= 4 is 5.97 Å². The third-order valence-corrected chi connectivity index (χ3v) is 2.59. The van der Waals surface area contributed by atoms with Crippen molar-refractivity contribution < 1.29 is 27.8 Å². The van der Waals surface area contributed by atoms with E-state index in [0.29, 0.717) is 5.56 Å². The van der Waals surface area contributed by atoms with Crippen LogP contribution in [-0.2, 0) is 0 Å². The topological polar surface area (TPSA) is 72.3 Å². The number of carbonyl (C=O) groups is 1. The van der Waals surface area contributed by atoms with Crippen molar-refractivity contribution in [1.29, 1.82) is 0 Å². The molecule has 0 fully saturated rings. The van der Waals surface area contributed by atoms with Crippen molar-refractivity contribution in [2.75, 3.05) is 0 Å². The molecular formula is C13H9F3N2O3. The van der Waals surface area contributed by atoms with Crippen LogP contribution in [0.5, 0.6) is 5.88 Å². The van der Waals surface area contributed by atoms with Crippen LogP contribution in [0.15, 0.2) is 30.6 Å². The predicted octanol–water partition coefficient (Wildman–Crippen LogP) is 3.05. The van der Waals surface area contributed by atoms with Gasteiger partial charge in [0.25, 0.3) is 0 Å². The second kappa shape index (κ2) is 5.39. The van der Waals surface area contributed by atoms with Crippen molar-refractivity contribution in [2.45, 2.75) is 13.3 Å². The lowest BCUT2D eigenvalue weighted by Gasteiger charge is -2.11. The van der Waals surface area contributed by atoms with Crippen molar-refractivity contribution in [2.24, 2.45) is 0 Å². The van der Waals surface area contributed by atoms with Crippen LogP contribution in [0.1, 0.15) is 16.1 Å². The molecule has 2 heterocycles. The smallest absolute Gasteiger partial charge is 0.477 e. The Kier molecular flexibility index (Phi) is 3.79. The van der Waals surface area contributed by atoms with Crippen LogP contribution in [0.2, 0.25) is 0 Å². The maximum absolute atomic E-state index is 12.3. The molecule has 21 heavy (non-hydrogen) atoms. The zero-order chi connectivity index (χ0) is 15.6. The van der Waals surface area contributed by atoms with Crippen LogP contribution in [0.4, 0.5) is 13.2 Å². The number of carboxylic acid groups (broad SMARTS) is 1. The first-order chi connectivity index (χ1) is 9.76. The Morgan fingerprint density at radius 1 is 1.33 bits per heavy atom. The lowest BCUT2D eigenvalue weighted by molar-refractivity contribution is -0.276. The Hall–Kier alpha value is -2.64. The van der Waals surface area contributed by atoms with E-state index >= 15 is 0 Å². The first-order valence-electron chi connectivity index (χ1n) is 5.68. The highest BCUT2D eigenvalue weighted by atomic mass is 19.4. The van der Waals surface area contributed by atoms with Crippen molar-refractivity contribution in [3.05, 3.63) is 41.9 Å². The van der Waals surface area contributed by atoms with Crippen LogP contribution < -0.4 is 4.74 Å². The molecule has 0 saturated carbocycles. The largest absolute Gasteiger partial charge is 0.574 e. The Balaban J connectivity index is 2.56. The third kappa shape index (κ3) is 3.68. The molecule has 0 atom stereocenters. The fourth-order valence-corrected chi connectivity index (χ4v) is 1.71. The lowest BCUT2D eigenvalue weighted by Crippen LogP contribution is -2.18. The number of ether oxygens (including phenoxy) is 1. The second-order valence-electron chi connectivity index (χ2n) is 4.12. The number of alkyl halides is 3. The van der Waals surface area contributed by atoms with Gasteiger partial charge in [-0.3, -0.25) is 4.98 Å². The van der Waals surface area contributed by atoms with Gasteiger partial charge in [-0.1, -0.05) is 0 Å². The number of rotatable bonds is 3. The molecule has 110 valence electrons. The first-order valence-corrected chi connectivity index (χ1v) is 5.68. The number of aromatic nitrogens is 2. The van der Waals surface area contributed by atoms with Gasteiger partial charge in [0.2, 0.25) is 5.88 Å². The van der Waals surface area contributed by atoms with E-state index in [9.17, 15) is 18.0 Å². The normalized spacial score (nSPS) is 11.2. The first kappa shape index (κ1) is 14.8. The van der Waals surface area contributed by atoms with Crippen LogP contribution in [0, 0.1) is 6.92 Å². The molecule has 0 spiro atoms. The minimum Gasteiger partial charge on any atom is -0.477 e. The molecule has 0 unspecified atom stereocenters. The van der Waals surface area contributed by atoms with Gasteiger partial charge in [0.1, 0.15) is 0 Å². The molecule has 0 amide bonds. The molecule has 0 radical (unpaired) electrons. The van der Waals surface area contributed by atoms with E-state index in [1.165, 1.54) is 12.4 Å². The molecule has 2 aromatic heterocycles. The Morgan fingerprint density at radius 2 is 2.05 bits per heavy atom. The third-order valence-electron chi connectivity index (χ3n) is 2.59. The lowest BCUT2D eigenvalue weighted by atomic mass is 10.0. The molecule has 2 aromatic rings. The van der Waals surface area contributed by atoms with E-state index in [4.69, 9.17) is 5.11 Å². The molecule has 0 aliphatic rings. The van der Waals surface area contributed by atoms with Crippen LogP contribution in [0.3, 0.4) is 0 Å². The summed E-state index contributed by atoms with van der Waals surface area (Å²) in [6.45, 7) is 1.72. The molecule has 0 bridgehead atoms. The van der Waals surface area contributed by atoms with Crippen LogP contribution >= 0.6 is 0 Å². The van der Waals surface area contributed by atoms with Gasteiger partial charge in [0.05, 0.1) is 0 Å². The highest BCUT2D eigenvalue weighted by molar-refractivity contribution is 5.87. The summed E-state index contributed by atoms with van der Waals surface area (Å²) in [5.41, 5.74) is 0.905. The highest BCUT2D eigenvalue weighted by Gasteiger charge is 2.32. The van der Waals surface area contributed by atoms with Gasteiger partial charge < -0.3 is 9.84 Å². The molecular weight excluding hydrogens is 289 g/mol. The van der Waals surface area contributed by atoms with Gasteiger partial charge in [-0.05, 0) is 30.2 Å². The average Bonchev–Trinajstić information content (AvgIpc) is 2.36. The molecule has 1 N–H and O–H groups in total. The minimum atomic E-state index is -4.95. The Bertz CT molecular complexity index is 687. The van der Waals surface area contributed by atoms with E-state index in [1.54, 1.807) is 13.0 Å². The molecule has 2 rings (SSSR count). The van der Waals surface area contributed by atoms with Gasteiger partial charge in [-0.25, -0.2) is 9.78 Å². The van der Waals surface area contributed by atoms with Crippen LogP contribution in [-0.4, -0.2) is 27.4 Å². The molecule has 0 aliphatic carbocycles. The fraction of sp³-hybridized carbons (Fsp3) is 0.154. The van der Waals surface area contributed by atoms with E-state index < -0.39 is 23.9 Å². The molecule has 5 nitrogen and oxygen atoms in total. The highest BCUT2D eigenvalue weighted by Crippen LogP contribution is 2.28. The summed E-state index contributed by atoms with van der Waals surface area (Å²) in [5, 5.41) is 8.93. The SMILES string of the molecule is Cc1ccncc1-c1cc(OC(F)(F)F)nc(C(=O)O)c1. The van der Waals surface area contributed by atoms with Gasteiger partial charge in [0.15, 0.2) is 5.69 Å². The van der Waals surface area contributed by atoms with Crippen molar-refractivity contribution in [3.63, 3.8) is 0 Å². The fourth-order valence-electron chi connectivity index (χ4n) is 1.71. The molecule has 8 heteroatoms. The van der Waals surface area contributed by atoms with Gasteiger partial charge in [-0.2, -0.15) is 0 Å². The number of pyridine rings is 2. The van der Waals surface area contributed by atoms with E-state index in [-0.39, 0.29) is 5.56 Å². The van der Waals surface area contributed by atoms with E-state index in [1.807, 2.05) is 0 Å². The number of nitrogens with zero attached hydrogens (tertiary/aromatic N) is 2. The standard InChI is InChI=1S/C13H9F3N2O3/c1-7-2-3-17-6-9(7)8-4-10(12(19)20)18-11(5-8)21-13(14,15)16/h2-6H,1H3,(H,19,20). The Labute approximate surface area is 117 Å². The number of carboxylic acids is 1. The zero-order valence-electron chi connectivity index (χ0n) is 10.7. The summed E-state index contributed by atoms with van der Waals surface area (Å²) in [4.78, 5) is 18.2. The maximum atomic E-state index is 12.3. The summed E-state index contributed by atoms with van der Waals surface area (Å²) < 4.78 is 40.5. The maximum Gasteiger partial charge on any atom is 0.574 e. The van der Waals surface area contributed by atoms with Gasteiger partial charge in [-0.15, -0.1) is 13.2 Å². The van der Waals surface area contributed by atoms with E-state index in [2.05, 4.69) is 14.7 Å². The Morgan fingerprint density at radius 3 is 2.62 bits per heavy atom. The quantitative estimate of drug-likeness (QED) is 0.943. The molecule has 0 saturated heterocycles. The second-order valence-corrected chi connectivity index (χ2v) is 4.12. The van der Waals surface area contributed by atoms with Gasteiger partial charge in [0, 0.05) is 24.0 Å². The number of hydrogen-bond donors (Lipinski definition) is 1. The summed E-state index contributed by atoms with van der Waals surface area (Å²) in [5.74, 6) is -2.29. The molecule has 0 aliphatic heterocycles. The monoisotopic (exact) mass is 298 g/mol. The summed E-state index contributed by atoms with van der Waals surface area (Å²) in [6, 6.07) is 3.83. The molecule has 0 aromatic carbocycles. The summed E-state index contributed by atoms with van der Waals surface area (Å²) >= 11 is 0. The van der Waals surface area contributed by atoms with Crippen molar-refractivity contribution in [3.8, 4) is 17.0 Å². The van der Waals surface area contributed by atoms with E-state index in [0.717, 1.165) is 17.7 Å². The average molecular weight is 298 g/mol.